The summed E-state index contributed by atoms with van der Waals surface area (Å²) in [6.45, 7) is 3.82. The van der Waals surface area contributed by atoms with Gasteiger partial charge in [0, 0.05) is 6.42 Å². The maximum absolute atomic E-state index is 12.4. The quantitative estimate of drug-likeness (QED) is 0.859. The predicted molar refractivity (Wildman–Crippen MR) is 85.1 cm³/mol. The van der Waals surface area contributed by atoms with Crippen LogP contribution in [-0.2, 0) is 16.8 Å². The Bertz CT molecular complexity index is 595. The highest BCUT2D eigenvalue weighted by molar-refractivity contribution is 7.15. The molecule has 1 atom stereocenters. The largest absolute Gasteiger partial charge is 0.314 e. The molecule has 0 bridgehead atoms. The Kier molecular flexibility index (Phi) is 5.03. The lowest BCUT2D eigenvalue weighted by Crippen LogP contribution is -2.45. The number of nitrogens with zero attached hydrogens (tertiary/aromatic N) is 2. The molecule has 5 nitrogen and oxygen atoms in total. The molecule has 0 saturated heterocycles. The van der Waals surface area contributed by atoms with Gasteiger partial charge in [0.05, 0.1) is 0 Å². The summed E-state index contributed by atoms with van der Waals surface area (Å²) in [6, 6.07) is 9.30. The first kappa shape index (κ1) is 15.6. The molecule has 112 valence electrons. The molecule has 1 heterocycles. The van der Waals surface area contributed by atoms with Gasteiger partial charge in [-0.25, -0.2) is 0 Å². The number of hydrogen-bond donors (Lipinski definition) is 2. The molecule has 0 fully saturated rings. The van der Waals surface area contributed by atoms with Gasteiger partial charge in [-0.2, -0.15) is 0 Å². The Morgan fingerprint density at radius 1 is 1.33 bits per heavy atom. The monoisotopic (exact) mass is 304 g/mol. The van der Waals surface area contributed by atoms with E-state index in [1.54, 1.807) is 6.92 Å². The van der Waals surface area contributed by atoms with Crippen molar-refractivity contribution in [1.82, 2.24) is 10.2 Å². The van der Waals surface area contributed by atoms with Crippen LogP contribution in [0.5, 0.6) is 0 Å². The van der Waals surface area contributed by atoms with Crippen LogP contribution >= 0.6 is 11.3 Å². The molecule has 1 amide bonds. The van der Waals surface area contributed by atoms with Gasteiger partial charge in [-0.15, -0.1) is 10.2 Å². The molecular weight excluding hydrogens is 284 g/mol. The first-order chi connectivity index (χ1) is 10.0. The van der Waals surface area contributed by atoms with Crippen molar-refractivity contribution in [1.29, 1.82) is 0 Å². The van der Waals surface area contributed by atoms with Crippen molar-refractivity contribution in [3.63, 3.8) is 0 Å². The smallest absolute Gasteiger partial charge is 0.250 e. The number of aryl methyl sites for hydroxylation is 1. The average molecular weight is 304 g/mol. The number of carbonyl (C=O) groups is 1. The zero-order valence-electron chi connectivity index (χ0n) is 12.3. The van der Waals surface area contributed by atoms with E-state index in [2.05, 4.69) is 22.4 Å². The third-order valence-corrected chi connectivity index (χ3v) is 4.18. The van der Waals surface area contributed by atoms with Crippen molar-refractivity contribution in [2.45, 2.75) is 38.6 Å². The minimum absolute atomic E-state index is 0.285. The lowest BCUT2D eigenvalue weighted by atomic mass is 9.92. The number of anilines is 1. The van der Waals surface area contributed by atoms with Gasteiger partial charge < -0.3 is 5.73 Å². The van der Waals surface area contributed by atoms with Crippen molar-refractivity contribution in [3.05, 3.63) is 40.9 Å². The number of aromatic nitrogens is 2. The summed E-state index contributed by atoms with van der Waals surface area (Å²) in [7, 11) is 0. The van der Waals surface area contributed by atoms with Gasteiger partial charge in [-0.3, -0.25) is 10.1 Å². The van der Waals surface area contributed by atoms with Crippen LogP contribution in [0.25, 0.3) is 0 Å². The summed E-state index contributed by atoms with van der Waals surface area (Å²) >= 11 is 1.40. The standard InChI is InChI=1S/C15H20N4OS/c1-3-4-10-12-18-19-14(21-12)17-13(20)15(2,16)11-8-6-5-7-9-11/h5-9H,3-4,10,16H2,1-2H3,(H,17,19,20). The Balaban J connectivity index is 2.05. The van der Waals surface area contributed by atoms with Gasteiger partial charge in [0.2, 0.25) is 5.13 Å². The van der Waals surface area contributed by atoms with E-state index in [0.29, 0.717) is 5.13 Å². The maximum atomic E-state index is 12.4. The zero-order valence-corrected chi connectivity index (χ0v) is 13.1. The molecule has 2 rings (SSSR count). The first-order valence-corrected chi connectivity index (χ1v) is 7.84. The molecule has 0 aliphatic carbocycles. The van der Waals surface area contributed by atoms with Gasteiger partial charge in [0.15, 0.2) is 0 Å². The zero-order chi connectivity index (χ0) is 15.3. The van der Waals surface area contributed by atoms with Gasteiger partial charge >= 0.3 is 0 Å². The SMILES string of the molecule is CCCCc1nnc(NC(=O)C(C)(N)c2ccccc2)s1. The van der Waals surface area contributed by atoms with Crippen molar-refractivity contribution in [3.8, 4) is 0 Å². The van der Waals surface area contributed by atoms with E-state index in [9.17, 15) is 4.79 Å². The minimum atomic E-state index is -1.10. The fourth-order valence-electron chi connectivity index (χ4n) is 1.88. The highest BCUT2D eigenvalue weighted by Crippen LogP contribution is 2.22. The van der Waals surface area contributed by atoms with Crippen molar-refractivity contribution in [2.75, 3.05) is 5.32 Å². The fraction of sp³-hybridized carbons (Fsp3) is 0.400. The average Bonchev–Trinajstić information content (AvgIpc) is 2.93. The molecule has 1 aromatic carbocycles. The van der Waals surface area contributed by atoms with Gasteiger partial charge in [-0.05, 0) is 18.9 Å². The molecule has 1 unspecified atom stereocenters. The molecule has 0 aliphatic rings. The number of rotatable bonds is 6. The second-order valence-corrected chi connectivity index (χ2v) is 6.19. The Morgan fingerprint density at radius 2 is 2.05 bits per heavy atom. The van der Waals surface area contributed by atoms with Gasteiger partial charge in [-0.1, -0.05) is 55.0 Å². The molecule has 0 aliphatic heterocycles. The predicted octanol–water partition coefficient (Wildman–Crippen LogP) is 2.69. The van der Waals surface area contributed by atoms with Crippen LogP contribution in [0, 0.1) is 0 Å². The van der Waals surface area contributed by atoms with E-state index in [-0.39, 0.29) is 5.91 Å². The maximum Gasteiger partial charge on any atom is 0.250 e. The number of amides is 1. The molecule has 0 saturated carbocycles. The summed E-state index contributed by atoms with van der Waals surface area (Å²) in [5.74, 6) is -0.285. The summed E-state index contributed by atoms with van der Waals surface area (Å²) in [5, 5.41) is 12.3. The summed E-state index contributed by atoms with van der Waals surface area (Å²) in [5.41, 5.74) is 5.82. The van der Waals surface area contributed by atoms with E-state index in [0.717, 1.165) is 29.8 Å². The van der Waals surface area contributed by atoms with E-state index < -0.39 is 5.54 Å². The van der Waals surface area contributed by atoms with Crippen LogP contribution in [0.3, 0.4) is 0 Å². The second-order valence-electron chi connectivity index (χ2n) is 5.13. The summed E-state index contributed by atoms with van der Waals surface area (Å²) in [4.78, 5) is 12.4. The van der Waals surface area contributed by atoms with Crippen LogP contribution in [0.4, 0.5) is 5.13 Å². The van der Waals surface area contributed by atoms with Crippen LogP contribution in [0.2, 0.25) is 0 Å². The fourth-order valence-corrected chi connectivity index (χ4v) is 2.65. The van der Waals surface area contributed by atoms with Gasteiger partial charge in [0.1, 0.15) is 10.5 Å². The van der Waals surface area contributed by atoms with Crippen molar-refractivity contribution in [2.24, 2.45) is 5.73 Å². The van der Waals surface area contributed by atoms with E-state index in [4.69, 9.17) is 5.73 Å². The topological polar surface area (TPSA) is 80.9 Å². The molecule has 21 heavy (non-hydrogen) atoms. The number of benzene rings is 1. The molecule has 0 radical (unpaired) electrons. The normalized spacial score (nSPS) is 13.7. The molecule has 0 spiro atoms. The highest BCUT2D eigenvalue weighted by atomic mass is 32.1. The summed E-state index contributed by atoms with van der Waals surface area (Å²) < 4.78 is 0. The number of nitrogens with two attached hydrogens (primary N) is 1. The Labute approximate surface area is 128 Å². The van der Waals surface area contributed by atoms with Crippen LogP contribution in [0.1, 0.15) is 37.3 Å². The molecule has 6 heteroatoms. The lowest BCUT2D eigenvalue weighted by molar-refractivity contribution is -0.120. The second kappa shape index (κ2) is 6.78. The minimum Gasteiger partial charge on any atom is -0.314 e. The molecule has 1 aromatic heterocycles. The Morgan fingerprint density at radius 3 is 2.71 bits per heavy atom. The highest BCUT2D eigenvalue weighted by Gasteiger charge is 2.31. The third kappa shape index (κ3) is 3.86. The third-order valence-electron chi connectivity index (χ3n) is 3.28. The van der Waals surface area contributed by atoms with Crippen LogP contribution in [-0.4, -0.2) is 16.1 Å². The van der Waals surface area contributed by atoms with E-state index in [1.165, 1.54) is 11.3 Å². The molecule has 2 aromatic rings. The van der Waals surface area contributed by atoms with Gasteiger partial charge in [0.25, 0.3) is 5.91 Å². The lowest BCUT2D eigenvalue weighted by Gasteiger charge is -2.23. The number of unbranched alkanes of at least 4 members (excludes halogenated alkanes) is 1. The molecular formula is C15H20N4OS. The number of hydrogen-bond acceptors (Lipinski definition) is 5. The van der Waals surface area contributed by atoms with Crippen LogP contribution < -0.4 is 11.1 Å². The molecule has 3 N–H and O–H groups in total. The first-order valence-electron chi connectivity index (χ1n) is 7.02. The van der Waals surface area contributed by atoms with Crippen molar-refractivity contribution < 1.29 is 4.79 Å². The van der Waals surface area contributed by atoms with Crippen LogP contribution in [0.15, 0.2) is 30.3 Å². The van der Waals surface area contributed by atoms with E-state index >= 15 is 0 Å². The Hall–Kier alpha value is -1.79. The number of nitrogens with one attached hydrogen (secondary N) is 1. The van der Waals surface area contributed by atoms with Crippen molar-refractivity contribution >= 4 is 22.4 Å². The number of carbonyl (C=O) groups excluding carboxylic acids is 1. The van der Waals surface area contributed by atoms with E-state index in [1.807, 2.05) is 30.3 Å². The summed E-state index contributed by atoms with van der Waals surface area (Å²) in [6.07, 6.45) is 3.07.